The Morgan fingerprint density at radius 2 is 0.642 bits per heavy atom. The number of ether oxygens (including phenoxy) is 17. The van der Waals surface area contributed by atoms with E-state index in [9.17, 15) is 38.1 Å². The number of aldehydes is 4. The van der Waals surface area contributed by atoms with Gasteiger partial charge in [-0.2, -0.15) is 0 Å². The van der Waals surface area contributed by atoms with Crippen molar-refractivity contribution in [2.45, 2.75) is 87.1 Å². The van der Waals surface area contributed by atoms with Gasteiger partial charge in [0.15, 0.2) is 94.1 Å². The van der Waals surface area contributed by atoms with Gasteiger partial charge < -0.3 is 121 Å². The van der Waals surface area contributed by atoms with Crippen LogP contribution in [0.5, 0.6) is 121 Å². The Kier molecular flexibility index (Phi) is 60.3. The number of nitrogens with zero attached hydrogens (tertiary/aromatic N) is 3. The number of Topliss-reactive ketones (excluding diaryl/α,β-unsaturated/α-hetero) is 2. The van der Waals surface area contributed by atoms with Gasteiger partial charge in [0.05, 0.1) is 63.2 Å². The molecule has 0 saturated carbocycles. The zero-order valence-electron chi connectivity index (χ0n) is 70.7. The van der Waals surface area contributed by atoms with E-state index >= 15 is 0 Å². The van der Waals surface area contributed by atoms with Gasteiger partial charge in [0.1, 0.15) is 124 Å². The summed E-state index contributed by atoms with van der Waals surface area (Å²) in [4.78, 5) is 74.2. The van der Waals surface area contributed by atoms with Gasteiger partial charge in [-0.1, -0.05) is 77.6 Å². The van der Waals surface area contributed by atoms with Gasteiger partial charge >= 0.3 is 29.6 Å². The third-order valence-corrected chi connectivity index (χ3v) is 16.4. The monoisotopic (exact) mass is 1900 g/mol. The Morgan fingerprint density at radius 1 is 0.351 bits per heavy atom. The van der Waals surface area contributed by atoms with Crippen LogP contribution in [0.15, 0.2) is 195 Å². The zero-order valence-corrected chi connectivity index (χ0v) is 73.6. The maximum Gasteiger partial charge on any atom is 1.00 e. The van der Waals surface area contributed by atoms with Gasteiger partial charge in [-0.25, -0.2) is 9.47 Å². The molecule has 728 valence electrons. The molecule has 0 aliphatic carbocycles. The number of methoxy groups -OCH3 is 5. The number of benzene rings is 9. The van der Waals surface area contributed by atoms with Crippen LogP contribution in [0.1, 0.15) is 129 Å². The van der Waals surface area contributed by atoms with Crippen LogP contribution in [0, 0.1) is 0 Å². The molecule has 0 amide bonds. The number of carbonyl (C=O) groups is 6. The quantitative estimate of drug-likeness (QED) is 0.0320. The van der Waals surface area contributed by atoms with Crippen LogP contribution in [0.25, 0.3) is 32.7 Å². The minimum atomic E-state index is -4.06. The third kappa shape index (κ3) is 40.0. The van der Waals surface area contributed by atoms with E-state index in [1.54, 1.807) is 118 Å². The number of ketones is 2. The van der Waals surface area contributed by atoms with Crippen molar-refractivity contribution in [1.82, 2.24) is 15.0 Å². The summed E-state index contributed by atoms with van der Waals surface area (Å²) >= 11 is 0. The fourth-order valence-corrected chi connectivity index (χ4v) is 10.5. The fraction of sp³-hybridized carbons (Fsp3) is 0.289. The van der Waals surface area contributed by atoms with Crippen molar-refractivity contribution in [3.05, 3.63) is 217 Å². The molecule has 0 saturated heterocycles. The second-order valence-electron chi connectivity index (χ2n) is 25.9. The summed E-state index contributed by atoms with van der Waals surface area (Å²) in [5.41, 5.74) is 3.61. The molecule has 3 aromatic heterocycles. The molecule has 6 aliphatic heterocycles. The number of aromatic hydroxyl groups is 4. The summed E-state index contributed by atoms with van der Waals surface area (Å²) < 4.78 is 109. The Morgan fingerprint density at radius 3 is 1.07 bits per heavy atom. The molecule has 0 fully saturated rings. The van der Waals surface area contributed by atoms with Crippen LogP contribution < -0.4 is 110 Å². The number of hydrogen-bond donors (Lipinski definition) is 6. The van der Waals surface area contributed by atoms with Gasteiger partial charge in [-0.3, -0.25) is 34.1 Å². The van der Waals surface area contributed by atoms with Crippen molar-refractivity contribution in [3.8, 4) is 121 Å². The molecular weight excluding hydrogens is 1770 g/mol. The van der Waals surface area contributed by atoms with E-state index in [0.29, 0.717) is 156 Å². The Hall–Kier alpha value is -14.0. The molecule has 0 atom stereocenters. The van der Waals surface area contributed by atoms with E-state index in [4.69, 9.17) is 106 Å². The first-order valence-corrected chi connectivity index (χ1v) is 39.7. The second kappa shape index (κ2) is 63.9. The van der Waals surface area contributed by atoms with Crippen molar-refractivity contribution >= 4 is 79.0 Å². The van der Waals surface area contributed by atoms with E-state index in [-0.39, 0.29) is 148 Å². The van der Waals surface area contributed by atoms with Gasteiger partial charge in [0.25, 0.3) is 0 Å². The summed E-state index contributed by atoms with van der Waals surface area (Å²) in [6, 6.07) is 50.7. The van der Waals surface area contributed by atoms with Gasteiger partial charge in [-0.05, 0) is 155 Å². The molecule has 6 aliphatic rings. The summed E-state index contributed by atoms with van der Waals surface area (Å²) in [5.74, 6) is 12.0. The average molecular weight is 1900 g/mol. The summed E-state index contributed by atoms with van der Waals surface area (Å²) in [7, 11) is 3.75. The maximum atomic E-state index is 10.9. The smallest absolute Gasteiger partial charge is 0.870 e. The SMILES string of the molecule is C.C.C.C.C.C.C.C.CC(C)=O.CC(C)=O.COc1ccc2c(c1)OCCO2.COc1ccc2c(c1)OCO2.COc1ccc2c(c1C=O)OCCO2.COc1ccc2c(c1C=O)OCO2.COc1ccc2cccnc2c1C=O.CS(C)(=O)(O)OO.O=Cc1c(O)ccc2cccnc12.Oc1ccc2c(c1)OCCO2.Oc1ccc2c(c1)OCO2.Oc1ccc2cccnc2c1.[Na+].[OH-]. The fourth-order valence-electron chi connectivity index (χ4n) is 10.5. The molecule has 9 aromatic carbocycles. The van der Waals surface area contributed by atoms with Crippen molar-refractivity contribution in [1.29, 1.82) is 0 Å². The van der Waals surface area contributed by atoms with Crippen LogP contribution in [-0.2, 0) is 23.6 Å². The summed E-state index contributed by atoms with van der Waals surface area (Å²) in [6.45, 7) is 10.2. The van der Waals surface area contributed by atoms with E-state index in [0.717, 1.165) is 75.0 Å². The predicted octanol–water partition coefficient (Wildman–Crippen LogP) is 16.5. The first kappa shape index (κ1) is 126. The largest absolute Gasteiger partial charge is 1.00 e. The predicted molar refractivity (Wildman–Crippen MR) is 511 cm³/mol. The van der Waals surface area contributed by atoms with E-state index in [2.05, 4.69) is 19.3 Å². The molecule has 35 nitrogen and oxygen atoms in total. The molecule has 37 heteroatoms. The molecule has 0 radical (unpaired) electrons. The molecular formula is C97H126N3NaO32S. The number of aromatic nitrogens is 3. The second-order valence-corrected chi connectivity index (χ2v) is 29.4. The number of phenolic OH excluding ortho intramolecular Hbond substituents is 4. The van der Waals surface area contributed by atoms with E-state index in [1.807, 2.05) is 78.9 Å². The number of pyridine rings is 3. The van der Waals surface area contributed by atoms with E-state index < -0.39 is 9.63 Å². The zero-order chi connectivity index (χ0) is 90.2. The number of hydrogen-bond acceptors (Lipinski definition) is 34. The first-order chi connectivity index (χ1) is 59.6. The Labute approximate surface area is 804 Å². The number of fused-ring (bicyclic) bond motifs is 9. The molecule has 134 heavy (non-hydrogen) atoms. The van der Waals surface area contributed by atoms with Gasteiger partial charge in [0, 0.05) is 77.6 Å². The third-order valence-electron chi connectivity index (χ3n) is 16.0. The van der Waals surface area contributed by atoms with Crippen LogP contribution in [-0.4, -0.2) is 200 Å². The summed E-state index contributed by atoms with van der Waals surface area (Å²) in [5, 5.41) is 46.9. The number of carbonyl (C=O) groups excluding carboxylic acids is 6. The van der Waals surface area contributed by atoms with Crippen LogP contribution >= 0.6 is 0 Å². The van der Waals surface area contributed by atoms with Gasteiger partial charge in [-0.15, -0.1) is 4.33 Å². The molecule has 18 rings (SSSR count). The van der Waals surface area contributed by atoms with Crippen LogP contribution in [0.3, 0.4) is 0 Å². The van der Waals surface area contributed by atoms with Crippen molar-refractivity contribution < 1.29 is 183 Å². The van der Waals surface area contributed by atoms with Crippen molar-refractivity contribution in [3.63, 3.8) is 0 Å². The van der Waals surface area contributed by atoms with Crippen molar-refractivity contribution in [2.24, 2.45) is 0 Å². The minimum absolute atomic E-state index is 0. The molecule has 0 bridgehead atoms. The average Bonchev–Trinajstić information content (AvgIpc) is 1.27. The van der Waals surface area contributed by atoms with Crippen LogP contribution in [0.2, 0.25) is 0 Å². The molecule has 7 N–H and O–H groups in total. The number of rotatable bonds is 10. The topological polar surface area (TPSA) is 476 Å². The number of phenols is 4. The van der Waals surface area contributed by atoms with Gasteiger partial charge in [0.2, 0.25) is 20.4 Å². The Balaban J connectivity index is -0.000000691. The molecule has 0 unspecified atom stereocenters. The Bertz CT molecular complexity index is 5630. The van der Waals surface area contributed by atoms with E-state index in [1.165, 1.54) is 61.2 Å². The van der Waals surface area contributed by atoms with Crippen molar-refractivity contribution in [2.75, 3.05) is 108 Å². The molecule has 12 aromatic rings. The maximum absolute atomic E-state index is 10.9. The summed E-state index contributed by atoms with van der Waals surface area (Å²) in [6.07, 6.45) is 9.57. The molecule has 0 spiro atoms. The normalized spacial score (nSPS) is 11.4. The minimum Gasteiger partial charge on any atom is -0.870 e. The molecule has 9 heterocycles. The standard InChI is InChI=1S/C11H9NO2.C10H7NO2.C10H10O4.C9H7NO.C9H8O4.C9H10O3.2C8H8O3.C7H6O3.2C3H6O.C2H8O4S.8CH4.Na.H2O/c1-14-10-5-4-8-3-2-6-12-11(8)9(10)7-13;12-6-8-9(13)4-3-7-2-1-5-11-10(7)8;1-12-8-2-3-9-10(7(8)6-11)14-5-4-13-9;11-8-4-3-7-2-1-5-10-9(7)6-8;1-11-7-2-3-8-9(6(7)4-10)13-5-12-8;1-10-7-2-3-8-9(6-7)12-5-4-11-8;1-9-6-2-3-7-8(4-6)11-5-10-7;9-6-1-2-7-8(5-6)11-4-3-10-7;8-5-1-2-6-7(3-5)10-4-9-6;2*1-3(2)4;1-7(2,4,5)6-3;;;;;;;;;;/h2-7H,1H3;1-6,13H;2-3,6H,4-5H2,1H3;1-6,11H;2-4H,5H2,1H3;2-3,6H,4-5H2,1H3;2-4H,5H2,1H3;1-2,5,9H,3-4H2;1-3,8H,4H2;2*1-2H3;3H,1-2H3,(H,4,5);8*1H4;;1H2/q;;;;;;;;;;;;;;;;;;;;+1;/p-1. The first-order valence-electron chi connectivity index (χ1n) is 37.0. The van der Waals surface area contributed by atoms with Crippen LogP contribution in [0.4, 0.5) is 0 Å².